The van der Waals surface area contributed by atoms with Crippen LogP contribution in [-0.4, -0.2) is 5.71 Å². The molecule has 0 radical (unpaired) electrons. The van der Waals surface area contributed by atoms with Gasteiger partial charge >= 0.3 is 0 Å². The van der Waals surface area contributed by atoms with E-state index in [0.717, 1.165) is 5.70 Å². The molecule has 0 heterocycles. The fraction of sp³-hybridized carbons (Fsp3) is 0.750. The van der Waals surface area contributed by atoms with Gasteiger partial charge in [0.05, 0.1) is 0 Å². The van der Waals surface area contributed by atoms with Crippen molar-refractivity contribution in [1.82, 2.24) is 0 Å². The predicted molar refractivity (Wildman–Crippen MR) is 61.2 cm³/mol. The van der Waals surface area contributed by atoms with Crippen molar-refractivity contribution in [2.45, 2.75) is 48.0 Å². The molecule has 0 fully saturated rings. The summed E-state index contributed by atoms with van der Waals surface area (Å²) in [4.78, 5) is 4.57. The summed E-state index contributed by atoms with van der Waals surface area (Å²) in [5, 5.41) is 0. The molecule has 0 aliphatic heterocycles. The van der Waals surface area contributed by atoms with Crippen LogP contribution in [0.25, 0.3) is 0 Å². The normalized spacial score (nSPS) is 16.5. The molecule has 0 aromatic carbocycles. The van der Waals surface area contributed by atoms with Gasteiger partial charge in [-0.3, -0.25) is 4.99 Å². The molecule has 1 unspecified atom stereocenters. The zero-order valence-electron chi connectivity index (χ0n) is 9.89. The minimum absolute atomic E-state index is 0.591. The topological polar surface area (TPSA) is 12.4 Å². The highest BCUT2D eigenvalue weighted by Gasteiger charge is 2.01. The lowest BCUT2D eigenvalue weighted by Gasteiger charge is -2.08. The second-order valence-corrected chi connectivity index (χ2v) is 4.11. The molecule has 0 saturated carbocycles. The molecule has 0 aromatic heterocycles. The Kier molecular flexibility index (Phi) is 5.68. The van der Waals surface area contributed by atoms with Gasteiger partial charge < -0.3 is 0 Å². The molecule has 0 aliphatic rings. The molecular weight excluding hydrogens is 158 g/mol. The molecule has 1 atom stereocenters. The summed E-state index contributed by atoms with van der Waals surface area (Å²) >= 11 is 0. The number of aliphatic imine (C=N–C) groups is 1. The number of nitrogens with zero attached hydrogens (tertiary/aromatic N) is 1. The molecule has 1 heteroatoms. The van der Waals surface area contributed by atoms with Crippen LogP contribution in [0.4, 0.5) is 0 Å². The van der Waals surface area contributed by atoms with Crippen LogP contribution in [0.3, 0.4) is 0 Å². The summed E-state index contributed by atoms with van der Waals surface area (Å²) in [6.45, 7) is 13.0. The van der Waals surface area contributed by atoms with Crippen molar-refractivity contribution in [1.29, 1.82) is 0 Å². The summed E-state index contributed by atoms with van der Waals surface area (Å²) in [6.07, 6.45) is 3.37. The Morgan fingerprint density at radius 3 is 2.15 bits per heavy atom. The standard InChI is InChI=1S/C12H23N/c1-7-10(4)12(6)13-11(5)8-9(2)3/h8-10H,7H2,1-6H3/b11-8-,13-12-. The lowest BCUT2D eigenvalue weighted by molar-refractivity contribution is 0.733. The summed E-state index contributed by atoms with van der Waals surface area (Å²) in [5.74, 6) is 1.20. The molecule has 0 bridgehead atoms. The minimum Gasteiger partial charge on any atom is -0.263 e. The Hall–Kier alpha value is -0.590. The maximum atomic E-state index is 4.57. The largest absolute Gasteiger partial charge is 0.263 e. The summed E-state index contributed by atoms with van der Waals surface area (Å²) in [7, 11) is 0. The van der Waals surface area contributed by atoms with E-state index in [1.54, 1.807) is 0 Å². The van der Waals surface area contributed by atoms with Crippen molar-refractivity contribution in [3.8, 4) is 0 Å². The molecule has 0 aromatic rings. The molecule has 1 nitrogen and oxygen atoms in total. The van der Waals surface area contributed by atoms with Gasteiger partial charge in [0.2, 0.25) is 0 Å². The zero-order valence-corrected chi connectivity index (χ0v) is 9.89. The summed E-state index contributed by atoms with van der Waals surface area (Å²) in [5.41, 5.74) is 2.39. The smallest absolute Gasteiger partial charge is 0.0334 e. The number of rotatable bonds is 4. The van der Waals surface area contributed by atoms with Crippen LogP contribution in [0, 0.1) is 11.8 Å². The number of hydrogen-bond acceptors (Lipinski definition) is 1. The maximum absolute atomic E-state index is 4.57. The van der Waals surface area contributed by atoms with Gasteiger partial charge in [-0.05, 0) is 32.1 Å². The molecular formula is C12H23N. The van der Waals surface area contributed by atoms with Crippen LogP contribution in [0.15, 0.2) is 16.8 Å². The van der Waals surface area contributed by atoms with Gasteiger partial charge in [0.1, 0.15) is 0 Å². The van der Waals surface area contributed by atoms with Gasteiger partial charge in [0, 0.05) is 11.4 Å². The number of hydrogen-bond donors (Lipinski definition) is 0. The van der Waals surface area contributed by atoms with Crippen LogP contribution >= 0.6 is 0 Å². The van der Waals surface area contributed by atoms with E-state index in [-0.39, 0.29) is 0 Å². The quantitative estimate of drug-likeness (QED) is 0.580. The van der Waals surface area contributed by atoms with Gasteiger partial charge in [-0.15, -0.1) is 0 Å². The third kappa shape index (κ3) is 5.62. The van der Waals surface area contributed by atoms with Crippen molar-refractivity contribution < 1.29 is 0 Å². The first-order valence-electron chi connectivity index (χ1n) is 5.21. The average molecular weight is 181 g/mol. The molecule has 13 heavy (non-hydrogen) atoms. The van der Waals surface area contributed by atoms with Crippen LogP contribution < -0.4 is 0 Å². The summed E-state index contributed by atoms with van der Waals surface area (Å²) < 4.78 is 0. The highest BCUT2D eigenvalue weighted by molar-refractivity contribution is 5.84. The summed E-state index contributed by atoms with van der Waals surface area (Å²) in [6, 6.07) is 0. The maximum Gasteiger partial charge on any atom is 0.0334 e. The van der Waals surface area contributed by atoms with E-state index in [1.807, 2.05) is 0 Å². The fourth-order valence-electron chi connectivity index (χ4n) is 1.20. The van der Waals surface area contributed by atoms with Crippen molar-refractivity contribution in [3.05, 3.63) is 11.8 Å². The second kappa shape index (κ2) is 5.95. The lowest BCUT2D eigenvalue weighted by atomic mass is 10.0. The van der Waals surface area contributed by atoms with Crippen molar-refractivity contribution in [2.24, 2.45) is 16.8 Å². The Bertz CT molecular complexity index is 199. The first-order valence-corrected chi connectivity index (χ1v) is 5.21. The Morgan fingerprint density at radius 2 is 1.77 bits per heavy atom. The van der Waals surface area contributed by atoms with Gasteiger partial charge in [-0.25, -0.2) is 0 Å². The zero-order chi connectivity index (χ0) is 10.4. The SMILES string of the molecule is CCC(C)/C(C)=N\C(C)=C/C(C)C. The van der Waals surface area contributed by atoms with E-state index in [4.69, 9.17) is 0 Å². The van der Waals surface area contributed by atoms with Crippen molar-refractivity contribution >= 4 is 5.71 Å². The third-order valence-corrected chi connectivity index (χ3v) is 2.25. The van der Waals surface area contributed by atoms with Gasteiger partial charge in [0.25, 0.3) is 0 Å². The van der Waals surface area contributed by atoms with E-state index < -0.39 is 0 Å². The first-order chi connectivity index (χ1) is 5.97. The lowest BCUT2D eigenvalue weighted by Crippen LogP contribution is -2.05. The van der Waals surface area contributed by atoms with Gasteiger partial charge in [-0.1, -0.05) is 33.8 Å². The van der Waals surface area contributed by atoms with E-state index in [1.165, 1.54) is 12.1 Å². The Labute approximate surface area is 83.0 Å². The van der Waals surface area contributed by atoms with E-state index >= 15 is 0 Å². The van der Waals surface area contributed by atoms with Crippen LogP contribution in [0.5, 0.6) is 0 Å². The molecule has 0 saturated heterocycles. The molecule has 76 valence electrons. The number of allylic oxidation sites excluding steroid dienone is 2. The molecule has 0 rings (SSSR count). The molecule has 0 amide bonds. The van der Waals surface area contributed by atoms with Crippen LogP contribution in [0.2, 0.25) is 0 Å². The highest BCUT2D eigenvalue weighted by atomic mass is 14.7. The molecule has 0 spiro atoms. The van der Waals surface area contributed by atoms with Crippen molar-refractivity contribution in [2.75, 3.05) is 0 Å². The van der Waals surface area contributed by atoms with E-state index in [0.29, 0.717) is 11.8 Å². The van der Waals surface area contributed by atoms with E-state index in [9.17, 15) is 0 Å². The monoisotopic (exact) mass is 181 g/mol. The Balaban J connectivity index is 4.37. The first kappa shape index (κ1) is 12.4. The third-order valence-electron chi connectivity index (χ3n) is 2.25. The Morgan fingerprint density at radius 1 is 1.23 bits per heavy atom. The molecule has 0 N–H and O–H groups in total. The van der Waals surface area contributed by atoms with Crippen molar-refractivity contribution in [3.63, 3.8) is 0 Å². The fourth-order valence-corrected chi connectivity index (χ4v) is 1.20. The van der Waals surface area contributed by atoms with E-state index in [2.05, 4.69) is 52.6 Å². The second-order valence-electron chi connectivity index (χ2n) is 4.11. The molecule has 0 aliphatic carbocycles. The minimum atomic E-state index is 0.591. The highest BCUT2D eigenvalue weighted by Crippen LogP contribution is 2.08. The van der Waals surface area contributed by atoms with Crippen LogP contribution in [0.1, 0.15) is 48.0 Å². The van der Waals surface area contributed by atoms with Gasteiger partial charge in [-0.2, -0.15) is 0 Å². The van der Waals surface area contributed by atoms with Crippen LogP contribution in [-0.2, 0) is 0 Å². The predicted octanol–water partition coefficient (Wildman–Crippen LogP) is 4.05. The average Bonchev–Trinajstić information content (AvgIpc) is 2.01. The van der Waals surface area contributed by atoms with Gasteiger partial charge in [0.15, 0.2) is 0 Å².